The summed E-state index contributed by atoms with van der Waals surface area (Å²) >= 11 is 7.40. The molecule has 0 radical (unpaired) electrons. The molecular formula is C25H30ClFN2O2S. The summed E-state index contributed by atoms with van der Waals surface area (Å²) in [5.74, 6) is -0.227. The molecule has 1 aliphatic rings. The standard InChI is InChI=1S/C25H30ClFN2O2S/c1-17-8-3-4-9-19(17)14-29(18(2)25(31)28-20-10-5-6-11-20)24(30)16-32-15-21-22(26)12-7-13-23(21)27/h3-4,7-9,12-13,18,20H,5-6,10-11,14-16H2,1-2H3,(H,28,31). The van der Waals surface area contributed by atoms with Crippen LogP contribution in [0.2, 0.25) is 5.02 Å². The molecule has 4 nitrogen and oxygen atoms in total. The molecule has 1 aliphatic carbocycles. The van der Waals surface area contributed by atoms with E-state index in [0.717, 1.165) is 36.8 Å². The average Bonchev–Trinajstić information content (AvgIpc) is 3.27. The third-order valence-electron chi connectivity index (χ3n) is 6.00. The van der Waals surface area contributed by atoms with E-state index in [-0.39, 0.29) is 35.2 Å². The van der Waals surface area contributed by atoms with E-state index < -0.39 is 6.04 Å². The van der Waals surface area contributed by atoms with Gasteiger partial charge < -0.3 is 10.2 Å². The largest absolute Gasteiger partial charge is 0.352 e. The van der Waals surface area contributed by atoms with E-state index in [1.807, 2.05) is 31.2 Å². The second kappa shape index (κ2) is 11.7. The Balaban J connectivity index is 1.69. The third kappa shape index (κ3) is 6.48. The summed E-state index contributed by atoms with van der Waals surface area (Å²) < 4.78 is 14.0. The fraction of sp³-hybridized carbons (Fsp3) is 0.440. The van der Waals surface area contributed by atoms with Crippen LogP contribution in [0.3, 0.4) is 0 Å². The van der Waals surface area contributed by atoms with Crippen LogP contribution in [0, 0.1) is 12.7 Å². The molecule has 0 heterocycles. The summed E-state index contributed by atoms with van der Waals surface area (Å²) in [7, 11) is 0. The van der Waals surface area contributed by atoms with Gasteiger partial charge in [0.1, 0.15) is 11.9 Å². The fourth-order valence-corrected chi connectivity index (χ4v) is 5.19. The van der Waals surface area contributed by atoms with Crippen molar-refractivity contribution < 1.29 is 14.0 Å². The van der Waals surface area contributed by atoms with Crippen LogP contribution in [0.1, 0.15) is 49.3 Å². The van der Waals surface area contributed by atoms with E-state index in [2.05, 4.69) is 5.32 Å². The number of hydrogen-bond acceptors (Lipinski definition) is 3. The number of aryl methyl sites for hydroxylation is 1. The highest BCUT2D eigenvalue weighted by Crippen LogP contribution is 2.25. The average molecular weight is 477 g/mol. The smallest absolute Gasteiger partial charge is 0.242 e. The zero-order chi connectivity index (χ0) is 23.1. The Kier molecular flexibility index (Phi) is 9.00. The van der Waals surface area contributed by atoms with Crippen molar-refractivity contribution in [3.05, 3.63) is 70.0 Å². The molecule has 0 aromatic heterocycles. The number of benzene rings is 2. The van der Waals surface area contributed by atoms with Crippen LogP contribution in [0.4, 0.5) is 4.39 Å². The first-order chi connectivity index (χ1) is 15.4. The summed E-state index contributed by atoms with van der Waals surface area (Å²) in [5.41, 5.74) is 2.47. The van der Waals surface area contributed by atoms with Gasteiger partial charge in [-0.3, -0.25) is 9.59 Å². The molecule has 0 bridgehead atoms. The molecule has 2 amide bonds. The van der Waals surface area contributed by atoms with Crippen LogP contribution in [-0.2, 0) is 21.9 Å². The lowest BCUT2D eigenvalue weighted by Gasteiger charge is -2.30. The Hall–Kier alpha value is -2.05. The zero-order valence-corrected chi connectivity index (χ0v) is 20.1. The van der Waals surface area contributed by atoms with Crippen molar-refractivity contribution in [2.75, 3.05) is 5.75 Å². The Bertz CT molecular complexity index is 929. The number of nitrogens with zero attached hydrogens (tertiary/aromatic N) is 1. The van der Waals surface area contributed by atoms with E-state index in [1.165, 1.54) is 17.8 Å². The van der Waals surface area contributed by atoms with Gasteiger partial charge in [-0.25, -0.2) is 4.39 Å². The highest BCUT2D eigenvalue weighted by Gasteiger charge is 2.28. The maximum Gasteiger partial charge on any atom is 0.242 e. The molecule has 0 saturated heterocycles. The van der Waals surface area contributed by atoms with Gasteiger partial charge in [-0.1, -0.05) is 54.8 Å². The van der Waals surface area contributed by atoms with Crippen molar-refractivity contribution in [3.63, 3.8) is 0 Å². The van der Waals surface area contributed by atoms with Crippen molar-refractivity contribution in [2.24, 2.45) is 0 Å². The van der Waals surface area contributed by atoms with Gasteiger partial charge in [0.15, 0.2) is 0 Å². The Morgan fingerprint density at radius 3 is 2.59 bits per heavy atom. The van der Waals surface area contributed by atoms with Gasteiger partial charge >= 0.3 is 0 Å². The molecule has 1 saturated carbocycles. The van der Waals surface area contributed by atoms with Crippen LogP contribution in [-0.4, -0.2) is 34.6 Å². The highest BCUT2D eigenvalue weighted by atomic mass is 35.5. The Labute approximate surface area is 198 Å². The van der Waals surface area contributed by atoms with Gasteiger partial charge in [-0.05, 0) is 49.9 Å². The molecule has 2 aromatic rings. The molecule has 1 unspecified atom stereocenters. The molecular weight excluding hydrogens is 447 g/mol. The van der Waals surface area contributed by atoms with Crippen molar-refractivity contribution in [1.82, 2.24) is 10.2 Å². The zero-order valence-electron chi connectivity index (χ0n) is 18.6. The summed E-state index contributed by atoms with van der Waals surface area (Å²) in [6.45, 7) is 4.13. The van der Waals surface area contributed by atoms with Crippen LogP contribution >= 0.6 is 23.4 Å². The second-order valence-electron chi connectivity index (χ2n) is 8.31. The lowest BCUT2D eigenvalue weighted by molar-refractivity contribution is -0.139. The van der Waals surface area contributed by atoms with Crippen LogP contribution in [0.25, 0.3) is 0 Å². The van der Waals surface area contributed by atoms with Gasteiger partial charge in [0, 0.05) is 28.9 Å². The predicted molar refractivity (Wildman–Crippen MR) is 129 cm³/mol. The number of halogens is 2. The topological polar surface area (TPSA) is 49.4 Å². The molecule has 0 spiro atoms. The van der Waals surface area contributed by atoms with Gasteiger partial charge in [0.25, 0.3) is 0 Å². The minimum Gasteiger partial charge on any atom is -0.352 e. The molecule has 1 atom stereocenters. The van der Waals surface area contributed by atoms with Crippen molar-refractivity contribution in [2.45, 2.75) is 63.9 Å². The van der Waals surface area contributed by atoms with Gasteiger partial charge in [-0.15, -0.1) is 11.8 Å². The van der Waals surface area contributed by atoms with E-state index in [1.54, 1.807) is 24.0 Å². The van der Waals surface area contributed by atoms with E-state index in [4.69, 9.17) is 11.6 Å². The van der Waals surface area contributed by atoms with Crippen LogP contribution in [0.5, 0.6) is 0 Å². The minimum absolute atomic E-state index is 0.124. The lowest BCUT2D eigenvalue weighted by atomic mass is 10.1. The molecule has 1 fully saturated rings. The van der Waals surface area contributed by atoms with E-state index in [9.17, 15) is 14.0 Å². The molecule has 0 aliphatic heterocycles. The normalized spacial score (nSPS) is 14.9. The summed E-state index contributed by atoms with van der Waals surface area (Å²) in [6, 6.07) is 12.0. The first-order valence-electron chi connectivity index (χ1n) is 11.0. The van der Waals surface area contributed by atoms with Crippen molar-refractivity contribution in [3.8, 4) is 0 Å². The van der Waals surface area contributed by atoms with Gasteiger partial charge in [-0.2, -0.15) is 0 Å². The Morgan fingerprint density at radius 1 is 1.19 bits per heavy atom. The molecule has 3 rings (SSSR count). The highest BCUT2D eigenvalue weighted by molar-refractivity contribution is 7.99. The van der Waals surface area contributed by atoms with Crippen LogP contribution in [0.15, 0.2) is 42.5 Å². The lowest BCUT2D eigenvalue weighted by Crippen LogP contribution is -2.50. The number of amides is 2. The van der Waals surface area contributed by atoms with E-state index >= 15 is 0 Å². The molecule has 7 heteroatoms. The monoisotopic (exact) mass is 476 g/mol. The fourth-order valence-electron chi connectivity index (χ4n) is 3.94. The molecule has 1 N–H and O–H groups in total. The second-order valence-corrected chi connectivity index (χ2v) is 9.70. The Morgan fingerprint density at radius 2 is 1.91 bits per heavy atom. The number of thioether (sulfide) groups is 1. The summed E-state index contributed by atoms with van der Waals surface area (Å²) in [4.78, 5) is 27.8. The SMILES string of the molecule is Cc1ccccc1CN(C(=O)CSCc1c(F)cccc1Cl)C(C)C(=O)NC1CCCC1. The van der Waals surface area contributed by atoms with Gasteiger partial charge in [0.2, 0.25) is 11.8 Å². The van der Waals surface area contributed by atoms with Crippen molar-refractivity contribution in [1.29, 1.82) is 0 Å². The molecule has 2 aromatic carbocycles. The number of carbonyl (C=O) groups is 2. The maximum atomic E-state index is 14.0. The summed E-state index contributed by atoms with van der Waals surface area (Å²) in [6.07, 6.45) is 4.23. The molecule has 32 heavy (non-hydrogen) atoms. The predicted octanol–water partition coefficient (Wildman–Crippen LogP) is 5.50. The minimum atomic E-state index is -0.597. The number of nitrogens with one attached hydrogen (secondary N) is 1. The van der Waals surface area contributed by atoms with E-state index in [0.29, 0.717) is 17.1 Å². The van der Waals surface area contributed by atoms with Crippen LogP contribution < -0.4 is 5.32 Å². The number of carbonyl (C=O) groups excluding carboxylic acids is 2. The first-order valence-corrected chi connectivity index (χ1v) is 12.5. The summed E-state index contributed by atoms with van der Waals surface area (Å²) in [5, 5.41) is 3.46. The quantitative estimate of drug-likeness (QED) is 0.520. The first kappa shape index (κ1) is 24.6. The maximum absolute atomic E-state index is 14.0. The van der Waals surface area contributed by atoms with Gasteiger partial charge in [0.05, 0.1) is 5.75 Å². The number of rotatable bonds is 9. The molecule has 172 valence electrons. The van der Waals surface area contributed by atoms with Crippen molar-refractivity contribution >= 4 is 35.2 Å². The number of hydrogen-bond donors (Lipinski definition) is 1. The third-order valence-corrected chi connectivity index (χ3v) is 7.30.